The minimum Gasteiger partial charge on any atom is -0.317 e. The summed E-state index contributed by atoms with van der Waals surface area (Å²) in [6.45, 7) is 7.76. The molecule has 0 saturated carbocycles. The lowest BCUT2D eigenvalue weighted by Crippen LogP contribution is -2.36. The molecule has 0 radical (unpaired) electrons. The molecular weight excluding hydrogens is 330 g/mol. The molecule has 1 aliphatic heterocycles. The van der Waals surface area contributed by atoms with Gasteiger partial charge < -0.3 is 9.88 Å². The number of thiazole rings is 1. The number of nitrogens with zero attached hydrogens (tertiary/aromatic N) is 2. The highest BCUT2D eigenvalue weighted by atomic mass is 35.5. The van der Waals surface area contributed by atoms with Gasteiger partial charge in [0.15, 0.2) is 0 Å². The Morgan fingerprint density at radius 1 is 1.30 bits per heavy atom. The highest BCUT2D eigenvalue weighted by Crippen LogP contribution is 2.22. The zero-order chi connectivity index (χ0) is 15.5. The Morgan fingerprint density at radius 2 is 2.04 bits per heavy atom. The second-order valence-electron chi connectivity index (χ2n) is 6.26. The molecule has 2 heterocycles. The van der Waals surface area contributed by atoms with Crippen molar-refractivity contribution in [3.05, 3.63) is 33.4 Å². The van der Waals surface area contributed by atoms with Crippen molar-refractivity contribution in [2.75, 3.05) is 26.2 Å². The molecule has 2 aromatic rings. The van der Waals surface area contributed by atoms with Gasteiger partial charge >= 0.3 is 4.87 Å². The third-order valence-corrected chi connectivity index (χ3v) is 5.65. The van der Waals surface area contributed by atoms with E-state index in [9.17, 15) is 4.79 Å². The Hall–Kier alpha value is -0.880. The van der Waals surface area contributed by atoms with E-state index in [0.29, 0.717) is 0 Å². The second-order valence-corrected chi connectivity index (χ2v) is 7.25. The van der Waals surface area contributed by atoms with Crippen molar-refractivity contribution in [2.24, 2.45) is 13.0 Å². The predicted octanol–water partition coefficient (Wildman–Crippen LogP) is 2.84. The Morgan fingerprint density at radius 3 is 2.74 bits per heavy atom. The highest BCUT2D eigenvalue weighted by Gasteiger charge is 2.19. The molecule has 1 aromatic heterocycles. The molecule has 0 spiro atoms. The number of piperidine rings is 1. The average Bonchev–Trinajstić information content (AvgIpc) is 2.81. The SMILES string of the molecule is CCNCC1CCN(Cc2ccc3c(c2)sc(=O)n3C)CC1.Cl. The first-order valence-corrected chi connectivity index (χ1v) is 9.00. The normalized spacial score (nSPS) is 16.6. The Bertz CT molecular complexity index is 689. The molecule has 23 heavy (non-hydrogen) atoms. The lowest BCUT2D eigenvalue weighted by Gasteiger charge is -2.32. The Labute approximate surface area is 147 Å². The molecule has 1 aromatic carbocycles. The topological polar surface area (TPSA) is 37.3 Å². The lowest BCUT2D eigenvalue weighted by atomic mass is 9.96. The van der Waals surface area contributed by atoms with E-state index in [-0.39, 0.29) is 17.3 Å². The van der Waals surface area contributed by atoms with Gasteiger partial charge in [0.2, 0.25) is 0 Å². The fourth-order valence-electron chi connectivity index (χ4n) is 3.23. The molecule has 0 unspecified atom stereocenters. The first kappa shape index (κ1) is 18.5. The van der Waals surface area contributed by atoms with Gasteiger partial charge in [0.05, 0.1) is 10.2 Å². The maximum Gasteiger partial charge on any atom is 0.307 e. The first-order valence-electron chi connectivity index (χ1n) is 8.19. The van der Waals surface area contributed by atoms with Crippen LogP contribution >= 0.6 is 23.7 Å². The summed E-state index contributed by atoms with van der Waals surface area (Å²) in [6.07, 6.45) is 2.57. The van der Waals surface area contributed by atoms with Gasteiger partial charge in [0.25, 0.3) is 0 Å². The number of hydrogen-bond acceptors (Lipinski definition) is 4. The van der Waals surface area contributed by atoms with Crippen LogP contribution in [0.1, 0.15) is 25.3 Å². The largest absolute Gasteiger partial charge is 0.317 e. The standard InChI is InChI=1S/C17H25N3OS.ClH/c1-3-18-11-13-6-8-20(9-7-13)12-14-4-5-15-16(10-14)22-17(21)19(15)2;/h4-5,10,13,18H,3,6-9,11-12H2,1-2H3;1H. The molecule has 6 heteroatoms. The number of nitrogens with one attached hydrogen (secondary N) is 1. The summed E-state index contributed by atoms with van der Waals surface area (Å²) in [4.78, 5) is 14.4. The van der Waals surface area contributed by atoms with Crippen molar-refractivity contribution in [3.8, 4) is 0 Å². The third-order valence-electron chi connectivity index (χ3n) is 4.65. The molecule has 3 rings (SSSR count). The summed E-state index contributed by atoms with van der Waals surface area (Å²) in [5, 5.41) is 3.46. The summed E-state index contributed by atoms with van der Waals surface area (Å²) >= 11 is 1.35. The molecule has 4 nitrogen and oxygen atoms in total. The Kier molecular flexibility index (Phi) is 6.65. The van der Waals surface area contributed by atoms with E-state index in [4.69, 9.17) is 0 Å². The lowest BCUT2D eigenvalue weighted by molar-refractivity contribution is 0.176. The molecule has 0 aliphatic carbocycles. The fourth-order valence-corrected chi connectivity index (χ4v) is 4.18. The van der Waals surface area contributed by atoms with E-state index < -0.39 is 0 Å². The number of benzene rings is 1. The fraction of sp³-hybridized carbons (Fsp3) is 0.588. The van der Waals surface area contributed by atoms with Gasteiger partial charge in [0, 0.05) is 13.6 Å². The van der Waals surface area contributed by atoms with Crippen molar-refractivity contribution in [1.29, 1.82) is 0 Å². The number of halogens is 1. The molecular formula is C17H26ClN3OS. The van der Waals surface area contributed by atoms with Gasteiger partial charge in [-0.15, -0.1) is 12.4 Å². The molecule has 0 amide bonds. The van der Waals surface area contributed by atoms with E-state index in [1.807, 2.05) is 7.05 Å². The van der Waals surface area contributed by atoms with E-state index in [0.717, 1.165) is 35.8 Å². The number of hydrogen-bond donors (Lipinski definition) is 1. The third kappa shape index (κ3) is 4.35. The van der Waals surface area contributed by atoms with Crippen molar-refractivity contribution in [1.82, 2.24) is 14.8 Å². The van der Waals surface area contributed by atoms with Crippen LogP contribution in [-0.4, -0.2) is 35.6 Å². The van der Waals surface area contributed by atoms with Crippen LogP contribution < -0.4 is 10.2 Å². The second kappa shape index (κ2) is 8.29. The van der Waals surface area contributed by atoms with Gasteiger partial charge in [-0.3, -0.25) is 9.69 Å². The molecule has 0 bridgehead atoms. The minimum atomic E-state index is 0. The maximum absolute atomic E-state index is 11.7. The van der Waals surface area contributed by atoms with Crippen LogP contribution in [0.4, 0.5) is 0 Å². The van der Waals surface area contributed by atoms with Crippen LogP contribution in [0.2, 0.25) is 0 Å². The van der Waals surface area contributed by atoms with Crippen LogP contribution in [0.25, 0.3) is 10.2 Å². The summed E-state index contributed by atoms with van der Waals surface area (Å²) in [5.41, 5.74) is 2.36. The van der Waals surface area contributed by atoms with Crippen LogP contribution in [0.15, 0.2) is 23.0 Å². The average molecular weight is 356 g/mol. The minimum absolute atomic E-state index is 0. The van der Waals surface area contributed by atoms with Crippen LogP contribution in [0.5, 0.6) is 0 Å². The van der Waals surface area contributed by atoms with Gasteiger partial charge in [-0.05, 0) is 62.6 Å². The zero-order valence-electron chi connectivity index (χ0n) is 13.9. The zero-order valence-corrected chi connectivity index (χ0v) is 15.5. The summed E-state index contributed by atoms with van der Waals surface area (Å²) in [6, 6.07) is 6.44. The molecule has 0 atom stereocenters. The summed E-state index contributed by atoms with van der Waals surface area (Å²) in [5.74, 6) is 0.832. The van der Waals surface area contributed by atoms with Gasteiger partial charge in [-0.2, -0.15) is 0 Å². The molecule has 1 aliphatic rings. The van der Waals surface area contributed by atoms with Crippen LogP contribution in [0.3, 0.4) is 0 Å². The molecule has 128 valence electrons. The van der Waals surface area contributed by atoms with Crippen molar-refractivity contribution >= 4 is 34.0 Å². The molecule has 1 saturated heterocycles. The molecule has 1 N–H and O–H groups in total. The van der Waals surface area contributed by atoms with Crippen LogP contribution in [-0.2, 0) is 13.6 Å². The van der Waals surface area contributed by atoms with Crippen molar-refractivity contribution < 1.29 is 0 Å². The highest BCUT2D eigenvalue weighted by molar-refractivity contribution is 7.16. The van der Waals surface area contributed by atoms with E-state index in [1.54, 1.807) is 4.57 Å². The maximum atomic E-state index is 11.7. The number of aromatic nitrogens is 1. The monoisotopic (exact) mass is 355 g/mol. The number of aryl methyl sites for hydroxylation is 1. The van der Waals surface area contributed by atoms with Gasteiger partial charge in [0.1, 0.15) is 0 Å². The van der Waals surface area contributed by atoms with Gasteiger partial charge in [-0.25, -0.2) is 0 Å². The van der Waals surface area contributed by atoms with Crippen LogP contribution in [0, 0.1) is 5.92 Å². The summed E-state index contributed by atoms with van der Waals surface area (Å²) in [7, 11) is 1.84. The van der Waals surface area contributed by atoms with E-state index in [2.05, 4.69) is 35.3 Å². The number of likely N-dealkylation sites (tertiary alicyclic amines) is 1. The van der Waals surface area contributed by atoms with Crippen molar-refractivity contribution in [3.63, 3.8) is 0 Å². The predicted molar refractivity (Wildman–Crippen MR) is 101 cm³/mol. The van der Waals surface area contributed by atoms with Gasteiger partial charge in [-0.1, -0.05) is 24.3 Å². The quantitative estimate of drug-likeness (QED) is 0.896. The number of rotatable bonds is 5. The van der Waals surface area contributed by atoms with Crippen molar-refractivity contribution in [2.45, 2.75) is 26.3 Å². The summed E-state index contributed by atoms with van der Waals surface area (Å²) < 4.78 is 2.84. The Balaban J connectivity index is 0.00000192. The molecule has 1 fully saturated rings. The first-order chi connectivity index (χ1) is 10.7. The van der Waals surface area contributed by atoms with E-state index in [1.165, 1.54) is 42.8 Å². The smallest absolute Gasteiger partial charge is 0.307 e. The van der Waals surface area contributed by atoms with E-state index >= 15 is 0 Å². The number of fused-ring (bicyclic) bond motifs is 1.